The number of amides is 1. The number of carbonyl (C=O) groups is 1. The average Bonchev–Trinajstić information content (AvgIpc) is 3.39. The molecule has 25 heavy (non-hydrogen) atoms. The molecule has 0 N–H and O–H groups in total. The maximum absolute atomic E-state index is 13.2. The van der Waals surface area contributed by atoms with Gasteiger partial charge in [0.1, 0.15) is 5.75 Å². The fourth-order valence-electron chi connectivity index (χ4n) is 3.69. The SMILES string of the molecule is CC(C)C1Oc2ccc(Br)cc2CN(C2CC2c2ccccc2)C1=O. The van der Waals surface area contributed by atoms with E-state index in [9.17, 15) is 4.79 Å². The Labute approximate surface area is 157 Å². The van der Waals surface area contributed by atoms with E-state index >= 15 is 0 Å². The zero-order valence-corrected chi connectivity index (χ0v) is 16.1. The van der Waals surface area contributed by atoms with Crippen molar-refractivity contribution in [3.05, 3.63) is 64.1 Å². The van der Waals surface area contributed by atoms with Crippen molar-refractivity contribution in [3.8, 4) is 5.75 Å². The molecule has 0 bridgehead atoms. The summed E-state index contributed by atoms with van der Waals surface area (Å²) in [6, 6.07) is 16.8. The van der Waals surface area contributed by atoms with Gasteiger partial charge in [-0.2, -0.15) is 0 Å². The summed E-state index contributed by atoms with van der Waals surface area (Å²) < 4.78 is 7.14. The number of hydrogen-bond acceptors (Lipinski definition) is 2. The van der Waals surface area contributed by atoms with Gasteiger partial charge >= 0.3 is 0 Å². The highest BCUT2D eigenvalue weighted by atomic mass is 79.9. The number of halogens is 1. The van der Waals surface area contributed by atoms with Crippen LogP contribution < -0.4 is 4.74 Å². The lowest BCUT2D eigenvalue weighted by molar-refractivity contribution is -0.140. The summed E-state index contributed by atoms with van der Waals surface area (Å²) in [6.45, 7) is 4.71. The molecule has 3 nitrogen and oxygen atoms in total. The molecule has 0 spiro atoms. The number of fused-ring (bicyclic) bond motifs is 1. The lowest BCUT2D eigenvalue weighted by Gasteiger charge is -2.26. The Balaban J connectivity index is 1.65. The second-order valence-electron chi connectivity index (χ2n) is 7.32. The number of hydrogen-bond donors (Lipinski definition) is 0. The van der Waals surface area contributed by atoms with Gasteiger partial charge in [0.15, 0.2) is 6.10 Å². The smallest absolute Gasteiger partial charge is 0.264 e. The first-order chi connectivity index (χ1) is 12.0. The van der Waals surface area contributed by atoms with Gasteiger partial charge in [0.2, 0.25) is 0 Å². The average molecular weight is 400 g/mol. The summed E-state index contributed by atoms with van der Waals surface area (Å²) in [6.07, 6.45) is 0.614. The standard InChI is InChI=1S/C21H22BrNO2/c1-13(2)20-21(24)23(12-15-10-16(22)8-9-19(15)25-20)18-11-17(18)14-6-4-3-5-7-14/h3-10,13,17-18,20H,11-12H2,1-2H3. The minimum absolute atomic E-state index is 0.116. The summed E-state index contributed by atoms with van der Waals surface area (Å²) in [5, 5.41) is 0. The largest absolute Gasteiger partial charge is 0.480 e. The molecule has 1 heterocycles. The Hall–Kier alpha value is -1.81. The van der Waals surface area contributed by atoms with Gasteiger partial charge in [0, 0.05) is 28.5 Å². The fourth-order valence-corrected chi connectivity index (χ4v) is 4.09. The maximum atomic E-state index is 13.2. The van der Waals surface area contributed by atoms with Crippen LogP contribution in [0.5, 0.6) is 5.75 Å². The van der Waals surface area contributed by atoms with Crippen molar-refractivity contribution in [1.29, 1.82) is 0 Å². The predicted molar refractivity (Wildman–Crippen MR) is 102 cm³/mol. The first-order valence-corrected chi connectivity index (χ1v) is 9.64. The lowest BCUT2D eigenvalue weighted by Crippen LogP contribution is -2.43. The summed E-state index contributed by atoms with van der Waals surface area (Å²) in [4.78, 5) is 15.2. The number of carbonyl (C=O) groups excluding carboxylic acids is 1. The van der Waals surface area contributed by atoms with Gasteiger partial charge in [-0.15, -0.1) is 0 Å². The van der Waals surface area contributed by atoms with Gasteiger partial charge in [-0.1, -0.05) is 60.1 Å². The van der Waals surface area contributed by atoms with Gasteiger partial charge in [-0.3, -0.25) is 4.79 Å². The van der Waals surface area contributed by atoms with E-state index in [1.54, 1.807) is 0 Å². The van der Waals surface area contributed by atoms with Crippen molar-refractivity contribution in [2.24, 2.45) is 5.92 Å². The molecule has 3 unspecified atom stereocenters. The van der Waals surface area contributed by atoms with Gasteiger partial charge in [0.05, 0.1) is 0 Å². The molecule has 3 atom stereocenters. The van der Waals surface area contributed by atoms with Crippen molar-refractivity contribution >= 4 is 21.8 Å². The summed E-state index contributed by atoms with van der Waals surface area (Å²) in [7, 11) is 0. The highest BCUT2D eigenvalue weighted by molar-refractivity contribution is 9.10. The van der Waals surface area contributed by atoms with Crippen LogP contribution in [0.3, 0.4) is 0 Å². The molecule has 1 saturated carbocycles. The number of nitrogens with zero attached hydrogens (tertiary/aromatic N) is 1. The molecule has 0 aromatic heterocycles. The molecule has 1 fully saturated rings. The monoisotopic (exact) mass is 399 g/mol. The zero-order chi connectivity index (χ0) is 17.6. The Morgan fingerprint density at radius 3 is 2.64 bits per heavy atom. The van der Waals surface area contributed by atoms with Crippen molar-refractivity contribution in [1.82, 2.24) is 4.90 Å². The molecular formula is C21H22BrNO2. The van der Waals surface area contributed by atoms with Gasteiger partial charge in [-0.25, -0.2) is 0 Å². The summed E-state index contributed by atoms with van der Waals surface area (Å²) in [5.74, 6) is 1.52. The van der Waals surface area contributed by atoms with E-state index in [0.29, 0.717) is 12.5 Å². The predicted octanol–water partition coefficient (Wildman–Crippen LogP) is 4.75. The normalized spacial score (nSPS) is 25.4. The van der Waals surface area contributed by atoms with E-state index in [1.807, 2.05) is 36.9 Å². The molecule has 2 aromatic rings. The van der Waals surface area contributed by atoms with Crippen LogP contribution in [0.25, 0.3) is 0 Å². The molecule has 0 radical (unpaired) electrons. The first kappa shape index (κ1) is 16.6. The van der Waals surface area contributed by atoms with E-state index in [-0.39, 0.29) is 17.9 Å². The van der Waals surface area contributed by atoms with Crippen LogP contribution in [-0.2, 0) is 11.3 Å². The summed E-state index contributed by atoms with van der Waals surface area (Å²) in [5.41, 5.74) is 2.39. The molecule has 0 saturated heterocycles. The molecular weight excluding hydrogens is 378 g/mol. The van der Waals surface area contributed by atoms with Crippen LogP contribution in [0.15, 0.2) is 53.0 Å². The highest BCUT2D eigenvalue weighted by Crippen LogP contribution is 2.46. The molecule has 130 valence electrons. The van der Waals surface area contributed by atoms with E-state index < -0.39 is 6.10 Å². The van der Waals surface area contributed by atoms with Crippen LogP contribution in [0.1, 0.15) is 37.3 Å². The van der Waals surface area contributed by atoms with Crippen LogP contribution in [0.2, 0.25) is 0 Å². The van der Waals surface area contributed by atoms with Gasteiger partial charge in [-0.05, 0) is 36.1 Å². The van der Waals surface area contributed by atoms with Crippen molar-refractivity contribution in [2.45, 2.75) is 44.9 Å². The lowest BCUT2D eigenvalue weighted by atomic mass is 10.1. The number of rotatable bonds is 3. The van der Waals surface area contributed by atoms with E-state index in [1.165, 1.54) is 5.56 Å². The minimum Gasteiger partial charge on any atom is -0.480 e. The molecule has 2 aromatic carbocycles. The van der Waals surface area contributed by atoms with E-state index in [4.69, 9.17) is 4.74 Å². The van der Waals surface area contributed by atoms with Gasteiger partial charge < -0.3 is 9.64 Å². The van der Waals surface area contributed by atoms with Crippen LogP contribution in [0, 0.1) is 5.92 Å². The molecule has 4 heteroatoms. The second kappa shape index (κ2) is 6.49. The Morgan fingerprint density at radius 2 is 1.92 bits per heavy atom. The van der Waals surface area contributed by atoms with Crippen LogP contribution in [-0.4, -0.2) is 23.0 Å². The van der Waals surface area contributed by atoms with E-state index in [0.717, 1.165) is 22.2 Å². The molecule has 1 amide bonds. The van der Waals surface area contributed by atoms with Crippen molar-refractivity contribution in [2.75, 3.05) is 0 Å². The minimum atomic E-state index is -0.417. The second-order valence-corrected chi connectivity index (χ2v) is 8.24. The molecule has 1 aliphatic carbocycles. The van der Waals surface area contributed by atoms with Crippen molar-refractivity contribution in [3.63, 3.8) is 0 Å². The molecule has 1 aliphatic heterocycles. The third-order valence-corrected chi connectivity index (χ3v) is 5.63. The van der Waals surface area contributed by atoms with Gasteiger partial charge in [0.25, 0.3) is 5.91 Å². The van der Waals surface area contributed by atoms with Crippen LogP contribution in [0.4, 0.5) is 0 Å². The Bertz CT molecular complexity index is 790. The number of ether oxygens (including phenoxy) is 1. The number of benzene rings is 2. The maximum Gasteiger partial charge on any atom is 0.264 e. The Morgan fingerprint density at radius 1 is 1.16 bits per heavy atom. The topological polar surface area (TPSA) is 29.5 Å². The highest BCUT2D eigenvalue weighted by Gasteiger charge is 2.47. The van der Waals surface area contributed by atoms with Crippen molar-refractivity contribution < 1.29 is 9.53 Å². The Kier molecular flexibility index (Phi) is 4.32. The van der Waals surface area contributed by atoms with E-state index in [2.05, 4.69) is 46.3 Å². The zero-order valence-electron chi connectivity index (χ0n) is 14.5. The third kappa shape index (κ3) is 3.20. The third-order valence-electron chi connectivity index (χ3n) is 5.13. The van der Waals surface area contributed by atoms with Crippen LogP contribution >= 0.6 is 15.9 Å². The molecule has 2 aliphatic rings. The molecule has 4 rings (SSSR count). The fraction of sp³-hybridized carbons (Fsp3) is 0.381. The first-order valence-electron chi connectivity index (χ1n) is 8.85. The summed E-state index contributed by atoms with van der Waals surface area (Å²) >= 11 is 3.54. The quantitative estimate of drug-likeness (QED) is 0.744.